The van der Waals surface area contributed by atoms with Crippen LogP contribution in [0.4, 0.5) is 0 Å². The zero-order valence-electron chi connectivity index (χ0n) is 15.6. The highest BCUT2D eigenvalue weighted by Crippen LogP contribution is 2.34. The average Bonchev–Trinajstić information content (AvgIpc) is 3.38. The highest BCUT2D eigenvalue weighted by Gasteiger charge is 2.18. The van der Waals surface area contributed by atoms with Crippen molar-refractivity contribution in [3.63, 3.8) is 0 Å². The van der Waals surface area contributed by atoms with E-state index in [9.17, 15) is 4.79 Å². The minimum absolute atomic E-state index is 0.00918. The highest BCUT2D eigenvalue weighted by atomic mass is 16.5. The first-order valence-electron chi connectivity index (χ1n) is 8.62. The monoisotopic (exact) mass is 370 g/mol. The fraction of sp³-hybridized carbons (Fsp3) is 0.300. The van der Waals surface area contributed by atoms with Crippen molar-refractivity contribution in [3.05, 3.63) is 54.1 Å². The van der Waals surface area contributed by atoms with Gasteiger partial charge in [-0.3, -0.25) is 4.79 Å². The lowest BCUT2D eigenvalue weighted by molar-refractivity contribution is -0.132. The molecule has 3 aromatic rings. The van der Waals surface area contributed by atoms with Gasteiger partial charge in [-0.05, 0) is 30.3 Å². The number of hydrogen-bond donors (Lipinski definition) is 0. The molecule has 1 aromatic carbocycles. The van der Waals surface area contributed by atoms with E-state index in [1.807, 2.05) is 25.1 Å². The Bertz CT molecular complexity index is 886. The minimum Gasteiger partial charge on any atom is -0.497 e. The summed E-state index contributed by atoms with van der Waals surface area (Å²) in [5, 5.41) is 4.11. The van der Waals surface area contributed by atoms with Crippen LogP contribution in [0.25, 0.3) is 11.3 Å². The van der Waals surface area contributed by atoms with Crippen molar-refractivity contribution in [3.8, 4) is 22.8 Å². The van der Waals surface area contributed by atoms with E-state index < -0.39 is 0 Å². The maximum Gasteiger partial charge on any atom is 0.223 e. The number of furan rings is 1. The van der Waals surface area contributed by atoms with Crippen molar-refractivity contribution in [2.75, 3.05) is 14.2 Å². The lowest BCUT2D eigenvalue weighted by Crippen LogP contribution is -2.29. The summed E-state index contributed by atoms with van der Waals surface area (Å²) in [4.78, 5) is 14.0. The Morgan fingerprint density at radius 2 is 2.00 bits per heavy atom. The second-order valence-electron chi connectivity index (χ2n) is 5.93. The average molecular weight is 370 g/mol. The summed E-state index contributed by atoms with van der Waals surface area (Å²) in [5.41, 5.74) is 1.37. The van der Waals surface area contributed by atoms with E-state index in [4.69, 9.17) is 18.4 Å². The maximum absolute atomic E-state index is 12.3. The molecule has 0 radical (unpaired) electrons. The number of aromatic nitrogens is 1. The van der Waals surface area contributed by atoms with Crippen LogP contribution in [-0.4, -0.2) is 30.2 Å². The third-order valence-corrected chi connectivity index (χ3v) is 4.17. The van der Waals surface area contributed by atoms with E-state index in [0.29, 0.717) is 42.5 Å². The zero-order chi connectivity index (χ0) is 19.2. The zero-order valence-corrected chi connectivity index (χ0v) is 15.6. The Morgan fingerprint density at radius 3 is 2.67 bits per heavy atom. The van der Waals surface area contributed by atoms with Gasteiger partial charge in [0.2, 0.25) is 5.91 Å². The molecule has 0 aliphatic carbocycles. The van der Waals surface area contributed by atoms with Gasteiger partial charge >= 0.3 is 0 Å². The van der Waals surface area contributed by atoms with Gasteiger partial charge in [-0.15, -0.1) is 0 Å². The maximum atomic E-state index is 12.3. The van der Waals surface area contributed by atoms with Gasteiger partial charge < -0.3 is 23.3 Å². The molecule has 0 aliphatic heterocycles. The number of carbonyl (C=O) groups excluding carboxylic acids is 1. The summed E-state index contributed by atoms with van der Waals surface area (Å²) >= 11 is 0. The Morgan fingerprint density at radius 1 is 1.15 bits per heavy atom. The SMILES string of the molecule is CCC(=O)N(Cc1cc(-c2cc(OC)ccc2OC)on1)Cc1ccco1. The molecule has 0 saturated carbocycles. The molecular formula is C20H22N2O5. The molecule has 0 bridgehead atoms. The Hall–Kier alpha value is -3.22. The summed E-state index contributed by atoms with van der Waals surface area (Å²) in [6.45, 7) is 2.53. The molecule has 0 saturated heterocycles. The van der Waals surface area contributed by atoms with E-state index >= 15 is 0 Å². The van der Waals surface area contributed by atoms with Crippen LogP contribution >= 0.6 is 0 Å². The smallest absolute Gasteiger partial charge is 0.223 e. The number of amides is 1. The standard InChI is InChI=1S/C20H22N2O5/c1-4-20(23)22(13-16-6-5-9-26-16)12-14-10-19(27-21-14)17-11-15(24-2)7-8-18(17)25-3/h5-11H,4,12-13H2,1-3H3. The fourth-order valence-electron chi connectivity index (χ4n) is 2.76. The largest absolute Gasteiger partial charge is 0.497 e. The second kappa shape index (κ2) is 8.44. The molecule has 3 rings (SSSR count). The van der Waals surface area contributed by atoms with Crippen LogP contribution in [0.2, 0.25) is 0 Å². The Labute approximate surface area is 157 Å². The van der Waals surface area contributed by atoms with E-state index in [2.05, 4.69) is 5.16 Å². The molecule has 1 amide bonds. The molecule has 2 aromatic heterocycles. The Kier molecular flexibility index (Phi) is 5.80. The van der Waals surface area contributed by atoms with Crippen molar-refractivity contribution < 1.29 is 23.2 Å². The molecule has 0 spiro atoms. The summed E-state index contributed by atoms with van der Waals surface area (Å²) in [5.74, 6) is 2.60. The molecule has 7 heteroatoms. The van der Waals surface area contributed by atoms with Crippen LogP contribution in [-0.2, 0) is 17.9 Å². The van der Waals surface area contributed by atoms with Gasteiger partial charge in [0.1, 0.15) is 23.0 Å². The first-order valence-corrected chi connectivity index (χ1v) is 8.62. The van der Waals surface area contributed by atoms with E-state index in [1.54, 1.807) is 43.6 Å². The van der Waals surface area contributed by atoms with Crippen LogP contribution in [0, 0.1) is 0 Å². The van der Waals surface area contributed by atoms with Crippen molar-refractivity contribution in [1.29, 1.82) is 0 Å². The molecule has 0 fully saturated rings. The highest BCUT2D eigenvalue weighted by molar-refractivity contribution is 5.75. The second-order valence-corrected chi connectivity index (χ2v) is 5.93. The lowest BCUT2D eigenvalue weighted by atomic mass is 10.1. The number of benzene rings is 1. The Balaban J connectivity index is 1.83. The molecule has 0 unspecified atom stereocenters. The normalized spacial score (nSPS) is 10.6. The van der Waals surface area contributed by atoms with Crippen LogP contribution in [0.1, 0.15) is 24.8 Å². The molecule has 27 heavy (non-hydrogen) atoms. The van der Waals surface area contributed by atoms with Gasteiger partial charge in [-0.2, -0.15) is 0 Å². The molecular weight excluding hydrogens is 348 g/mol. The topological polar surface area (TPSA) is 77.9 Å². The van der Waals surface area contributed by atoms with Gasteiger partial charge in [0, 0.05) is 12.5 Å². The third kappa shape index (κ3) is 4.31. The minimum atomic E-state index is 0.00918. The number of ether oxygens (including phenoxy) is 2. The predicted molar refractivity (Wildman–Crippen MR) is 98.3 cm³/mol. The van der Waals surface area contributed by atoms with Crippen LogP contribution in [0.15, 0.2) is 51.6 Å². The van der Waals surface area contributed by atoms with Crippen molar-refractivity contribution in [2.45, 2.75) is 26.4 Å². The molecule has 142 valence electrons. The van der Waals surface area contributed by atoms with Gasteiger partial charge in [0.15, 0.2) is 5.76 Å². The number of hydrogen-bond acceptors (Lipinski definition) is 6. The number of methoxy groups -OCH3 is 2. The lowest BCUT2D eigenvalue weighted by Gasteiger charge is -2.19. The van der Waals surface area contributed by atoms with Gasteiger partial charge in [0.05, 0.1) is 39.1 Å². The number of rotatable bonds is 8. The van der Waals surface area contributed by atoms with Crippen molar-refractivity contribution in [2.24, 2.45) is 0 Å². The molecule has 2 heterocycles. The predicted octanol–water partition coefficient (Wildman–Crippen LogP) is 3.89. The number of nitrogens with zero attached hydrogens (tertiary/aromatic N) is 2. The van der Waals surface area contributed by atoms with Gasteiger partial charge in [-0.1, -0.05) is 12.1 Å². The summed E-state index contributed by atoms with van der Waals surface area (Å²) < 4.78 is 21.5. The van der Waals surface area contributed by atoms with E-state index in [-0.39, 0.29) is 5.91 Å². The van der Waals surface area contributed by atoms with Crippen LogP contribution < -0.4 is 9.47 Å². The van der Waals surface area contributed by atoms with Crippen LogP contribution in [0.3, 0.4) is 0 Å². The fourth-order valence-corrected chi connectivity index (χ4v) is 2.76. The van der Waals surface area contributed by atoms with Crippen LogP contribution in [0.5, 0.6) is 11.5 Å². The molecule has 0 atom stereocenters. The summed E-state index contributed by atoms with van der Waals surface area (Å²) in [7, 11) is 3.19. The van der Waals surface area contributed by atoms with E-state index in [1.165, 1.54) is 0 Å². The summed E-state index contributed by atoms with van der Waals surface area (Å²) in [6.07, 6.45) is 1.99. The van der Waals surface area contributed by atoms with Crippen molar-refractivity contribution >= 4 is 5.91 Å². The molecule has 0 N–H and O–H groups in total. The quantitative estimate of drug-likeness (QED) is 0.599. The first kappa shape index (κ1) is 18.6. The van der Waals surface area contributed by atoms with Gasteiger partial charge in [-0.25, -0.2) is 0 Å². The third-order valence-electron chi connectivity index (χ3n) is 4.17. The first-order chi connectivity index (χ1) is 13.1. The van der Waals surface area contributed by atoms with Crippen molar-refractivity contribution in [1.82, 2.24) is 10.1 Å². The molecule has 7 nitrogen and oxygen atoms in total. The molecule has 0 aliphatic rings. The van der Waals surface area contributed by atoms with Gasteiger partial charge in [0.25, 0.3) is 0 Å². The van der Waals surface area contributed by atoms with E-state index in [0.717, 1.165) is 11.3 Å². The summed E-state index contributed by atoms with van der Waals surface area (Å²) in [6, 6.07) is 10.9. The number of carbonyl (C=O) groups is 1.